The lowest BCUT2D eigenvalue weighted by Crippen LogP contribution is -2.11. The number of hydrogen-bond acceptors (Lipinski definition) is 5. The van der Waals surface area contributed by atoms with Crippen molar-refractivity contribution in [3.63, 3.8) is 0 Å². The fourth-order valence-corrected chi connectivity index (χ4v) is 1.57. The first kappa shape index (κ1) is 12.5. The van der Waals surface area contributed by atoms with Crippen LogP contribution in [-0.4, -0.2) is 9.97 Å². The summed E-state index contributed by atoms with van der Waals surface area (Å²) in [6.45, 7) is 0.473. The van der Waals surface area contributed by atoms with Gasteiger partial charge in [-0.3, -0.25) is 5.43 Å². The second-order valence-electron chi connectivity index (χ2n) is 3.51. The zero-order valence-corrected chi connectivity index (χ0v) is 10.1. The third kappa shape index (κ3) is 3.06. The second-order valence-corrected chi connectivity index (χ2v) is 3.92. The number of nitrogens with two attached hydrogens (primary N) is 1. The summed E-state index contributed by atoms with van der Waals surface area (Å²) < 4.78 is 13.0. The summed E-state index contributed by atoms with van der Waals surface area (Å²) >= 11 is 5.69. The van der Waals surface area contributed by atoms with E-state index in [9.17, 15) is 4.39 Å². The maximum Gasteiger partial charge on any atom is 0.239 e. The molecule has 18 heavy (non-hydrogen) atoms. The Balaban J connectivity index is 2.04. The maximum atomic E-state index is 13.0. The van der Waals surface area contributed by atoms with Gasteiger partial charge in [0, 0.05) is 12.7 Å². The van der Waals surface area contributed by atoms with Crippen LogP contribution in [-0.2, 0) is 6.54 Å². The van der Waals surface area contributed by atoms with Crippen LogP contribution in [0.15, 0.2) is 30.5 Å². The van der Waals surface area contributed by atoms with Crippen LogP contribution >= 0.6 is 11.6 Å². The van der Waals surface area contributed by atoms with E-state index in [4.69, 9.17) is 17.4 Å². The van der Waals surface area contributed by atoms with Crippen LogP contribution in [0.25, 0.3) is 0 Å². The molecule has 0 unspecified atom stereocenters. The molecule has 0 fully saturated rings. The second kappa shape index (κ2) is 5.61. The Bertz CT molecular complexity index is 549. The number of hydrazine groups is 1. The van der Waals surface area contributed by atoms with Crippen molar-refractivity contribution in [1.29, 1.82) is 0 Å². The zero-order chi connectivity index (χ0) is 13.0. The molecule has 0 aliphatic heterocycles. The molecule has 2 aromatic rings. The van der Waals surface area contributed by atoms with Crippen LogP contribution in [0, 0.1) is 5.82 Å². The largest absolute Gasteiger partial charge is 0.366 e. The molecule has 0 aliphatic rings. The Morgan fingerprint density at radius 1 is 1.33 bits per heavy atom. The summed E-state index contributed by atoms with van der Waals surface area (Å²) in [4.78, 5) is 7.96. The molecular weight excluding hydrogens is 257 g/mol. The van der Waals surface area contributed by atoms with Gasteiger partial charge in [-0.05, 0) is 23.8 Å². The van der Waals surface area contributed by atoms with Gasteiger partial charge in [-0.25, -0.2) is 15.2 Å². The van der Waals surface area contributed by atoms with E-state index in [1.54, 1.807) is 24.4 Å². The quantitative estimate of drug-likeness (QED) is 0.585. The number of nitrogen functional groups attached to an aromatic ring is 1. The van der Waals surface area contributed by atoms with Crippen molar-refractivity contribution in [2.45, 2.75) is 6.54 Å². The van der Waals surface area contributed by atoms with Crippen LogP contribution in [0.2, 0.25) is 5.02 Å². The highest BCUT2D eigenvalue weighted by molar-refractivity contribution is 6.30. The normalized spacial score (nSPS) is 10.2. The smallest absolute Gasteiger partial charge is 0.239 e. The SMILES string of the molecule is NNc1nccc(NCc2ccc(F)c(Cl)c2)n1. The number of rotatable bonds is 4. The Kier molecular flexibility index (Phi) is 3.91. The monoisotopic (exact) mass is 267 g/mol. The third-order valence-corrected chi connectivity index (χ3v) is 2.53. The van der Waals surface area contributed by atoms with Crippen molar-refractivity contribution in [3.8, 4) is 0 Å². The van der Waals surface area contributed by atoms with Crippen molar-refractivity contribution in [1.82, 2.24) is 9.97 Å². The van der Waals surface area contributed by atoms with Gasteiger partial charge in [0.25, 0.3) is 0 Å². The average molecular weight is 268 g/mol. The van der Waals surface area contributed by atoms with Gasteiger partial charge in [0.1, 0.15) is 11.6 Å². The Hall–Kier alpha value is -1.92. The average Bonchev–Trinajstić information content (AvgIpc) is 2.40. The molecule has 0 saturated heterocycles. The van der Waals surface area contributed by atoms with E-state index in [1.165, 1.54) is 6.07 Å². The van der Waals surface area contributed by atoms with Gasteiger partial charge in [0.15, 0.2) is 0 Å². The third-order valence-electron chi connectivity index (χ3n) is 2.24. The number of aromatic nitrogens is 2. The van der Waals surface area contributed by atoms with Crippen LogP contribution < -0.4 is 16.6 Å². The molecule has 0 bridgehead atoms. The summed E-state index contributed by atoms with van der Waals surface area (Å²) in [7, 11) is 0. The fourth-order valence-electron chi connectivity index (χ4n) is 1.37. The summed E-state index contributed by atoms with van der Waals surface area (Å²) in [5, 5.41) is 3.15. The standard InChI is InChI=1S/C11H11ClFN5/c12-8-5-7(1-2-9(8)13)6-16-10-3-4-15-11(17-10)18-14/h1-5H,6,14H2,(H2,15,16,17,18). The molecule has 1 aromatic carbocycles. The molecule has 1 aromatic heterocycles. The van der Waals surface area contributed by atoms with Crippen molar-refractivity contribution in [2.24, 2.45) is 5.84 Å². The summed E-state index contributed by atoms with van der Waals surface area (Å²) in [6.07, 6.45) is 1.57. The van der Waals surface area contributed by atoms with E-state index in [0.717, 1.165) is 5.56 Å². The minimum absolute atomic E-state index is 0.0984. The number of anilines is 2. The molecule has 0 saturated carbocycles. The molecule has 7 heteroatoms. The van der Waals surface area contributed by atoms with Crippen LogP contribution in [0.3, 0.4) is 0 Å². The molecule has 94 valence electrons. The predicted octanol–water partition coefficient (Wildman–Crippen LogP) is 2.17. The highest BCUT2D eigenvalue weighted by atomic mass is 35.5. The molecule has 0 radical (unpaired) electrons. The minimum atomic E-state index is -0.433. The van der Waals surface area contributed by atoms with Crippen LogP contribution in [0.5, 0.6) is 0 Å². The molecular formula is C11H11ClFN5. The molecule has 0 aliphatic carbocycles. The molecule has 1 heterocycles. The van der Waals surface area contributed by atoms with E-state index < -0.39 is 5.82 Å². The lowest BCUT2D eigenvalue weighted by atomic mass is 10.2. The molecule has 0 amide bonds. The van der Waals surface area contributed by atoms with Crippen molar-refractivity contribution >= 4 is 23.4 Å². The van der Waals surface area contributed by atoms with Crippen LogP contribution in [0.4, 0.5) is 16.2 Å². The lowest BCUT2D eigenvalue weighted by Gasteiger charge is -2.07. The summed E-state index contributed by atoms with van der Waals surface area (Å²) in [5.74, 6) is 5.69. The van der Waals surface area contributed by atoms with Crippen molar-refractivity contribution in [2.75, 3.05) is 10.7 Å². The Labute approximate surface area is 108 Å². The van der Waals surface area contributed by atoms with E-state index in [-0.39, 0.29) is 5.02 Å². The molecule has 2 rings (SSSR count). The first-order chi connectivity index (χ1) is 8.69. The van der Waals surface area contributed by atoms with Crippen molar-refractivity contribution < 1.29 is 4.39 Å². The number of nitrogens with one attached hydrogen (secondary N) is 2. The number of benzene rings is 1. The Morgan fingerprint density at radius 2 is 2.17 bits per heavy atom. The number of hydrogen-bond donors (Lipinski definition) is 3. The van der Waals surface area contributed by atoms with Gasteiger partial charge in [-0.1, -0.05) is 17.7 Å². The van der Waals surface area contributed by atoms with E-state index in [0.29, 0.717) is 18.3 Å². The Morgan fingerprint density at radius 3 is 2.89 bits per heavy atom. The molecule has 0 spiro atoms. The van der Waals surface area contributed by atoms with Gasteiger partial charge < -0.3 is 5.32 Å². The highest BCUT2D eigenvalue weighted by Crippen LogP contribution is 2.16. The van der Waals surface area contributed by atoms with E-state index >= 15 is 0 Å². The van der Waals surface area contributed by atoms with Gasteiger partial charge in [0.05, 0.1) is 5.02 Å². The first-order valence-electron chi connectivity index (χ1n) is 5.16. The molecule has 5 nitrogen and oxygen atoms in total. The minimum Gasteiger partial charge on any atom is -0.366 e. The molecule has 4 N–H and O–H groups in total. The van der Waals surface area contributed by atoms with Gasteiger partial charge in [-0.2, -0.15) is 4.98 Å². The predicted molar refractivity (Wildman–Crippen MR) is 68.6 cm³/mol. The number of halogens is 2. The van der Waals surface area contributed by atoms with E-state index in [1.807, 2.05) is 0 Å². The lowest BCUT2D eigenvalue weighted by molar-refractivity contribution is 0.627. The summed E-state index contributed by atoms with van der Waals surface area (Å²) in [6, 6.07) is 6.24. The van der Waals surface area contributed by atoms with Crippen molar-refractivity contribution in [3.05, 3.63) is 46.9 Å². The number of nitrogens with zero attached hydrogens (tertiary/aromatic N) is 2. The topological polar surface area (TPSA) is 75.9 Å². The molecule has 0 atom stereocenters. The van der Waals surface area contributed by atoms with Gasteiger partial charge >= 0.3 is 0 Å². The van der Waals surface area contributed by atoms with Gasteiger partial charge in [-0.15, -0.1) is 0 Å². The zero-order valence-electron chi connectivity index (χ0n) is 9.32. The maximum absolute atomic E-state index is 13.0. The fraction of sp³-hybridized carbons (Fsp3) is 0.0909. The van der Waals surface area contributed by atoms with E-state index in [2.05, 4.69) is 20.7 Å². The van der Waals surface area contributed by atoms with Crippen LogP contribution in [0.1, 0.15) is 5.56 Å². The first-order valence-corrected chi connectivity index (χ1v) is 5.54. The summed E-state index contributed by atoms with van der Waals surface area (Å²) in [5.41, 5.74) is 3.20. The van der Waals surface area contributed by atoms with Gasteiger partial charge in [0.2, 0.25) is 5.95 Å². The highest BCUT2D eigenvalue weighted by Gasteiger charge is 2.02.